The molecule has 170 valence electrons. The van der Waals surface area contributed by atoms with E-state index in [0.29, 0.717) is 29.2 Å². The quantitative estimate of drug-likeness (QED) is 0.460. The SMILES string of the molecule is Cn1cc(-c2cc(NC(=O)OC(C)(C)C)c(N)c(CCc3ccc4ncccc4c3)n2)cn1. The topological polar surface area (TPSA) is 108 Å². The number of anilines is 2. The number of benzene rings is 1. The maximum atomic E-state index is 12.4. The smallest absolute Gasteiger partial charge is 0.412 e. The van der Waals surface area contributed by atoms with Crippen molar-refractivity contribution < 1.29 is 9.53 Å². The van der Waals surface area contributed by atoms with Gasteiger partial charge in [-0.1, -0.05) is 12.1 Å². The fourth-order valence-corrected chi connectivity index (χ4v) is 3.56. The van der Waals surface area contributed by atoms with E-state index in [2.05, 4.69) is 27.5 Å². The van der Waals surface area contributed by atoms with Gasteiger partial charge in [-0.2, -0.15) is 5.10 Å². The van der Waals surface area contributed by atoms with Crippen LogP contribution in [0.3, 0.4) is 0 Å². The summed E-state index contributed by atoms with van der Waals surface area (Å²) < 4.78 is 7.11. The molecule has 0 bridgehead atoms. The number of amides is 1. The number of fused-ring (bicyclic) bond motifs is 1. The summed E-state index contributed by atoms with van der Waals surface area (Å²) in [5.74, 6) is 0. The molecule has 1 amide bonds. The second-order valence-corrected chi connectivity index (χ2v) is 8.98. The maximum absolute atomic E-state index is 12.4. The molecule has 33 heavy (non-hydrogen) atoms. The van der Waals surface area contributed by atoms with Gasteiger partial charge in [0, 0.05) is 30.4 Å². The molecule has 0 aliphatic carbocycles. The van der Waals surface area contributed by atoms with Gasteiger partial charge >= 0.3 is 6.09 Å². The lowest BCUT2D eigenvalue weighted by molar-refractivity contribution is 0.0636. The Hall–Kier alpha value is -3.94. The Balaban J connectivity index is 1.64. The molecule has 3 heterocycles. The van der Waals surface area contributed by atoms with E-state index in [1.165, 1.54) is 0 Å². The van der Waals surface area contributed by atoms with Crippen LogP contribution in [0.15, 0.2) is 55.0 Å². The van der Waals surface area contributed by atoms with Crippen molar-refractivity contribution in [1.29, 1.82) is 0 Å². The Morgan fingerprint density at radius 2 is 2.00 bits per heavy atom. The van der Waals surface area contributed by atoms with Crippen molar-refractivity contribution in [3.8, 4) is 11.3 Å². The van der Waals surface area contributed by atoms with E-state index in [9.17, 15) is 4.79 Å². The summed E-state index contributed by atoms with van der Waals surface area (Å²) in [7, 11) is 1.84. The van der Waals surface area contributed by atoms with Crippen LogP contribution in [0.4, 0.5) is 16.2 Å². The lowest BCUT2D eigenvalue weighted by Crippen LogP contribution is -2.27. The van der Waals surface area contributed by atoms with Gasteiger partial charge in [0.1, 0.15) is 5.60 Å². The van der Waals surface area contributed by atoms with Crippen LogP contribution >= 0.6 is 0 Å². The number of carbonyl (C=O) groups excluding carboxylic acids is 1. The zero-order chi connectivity index (χ0) is 23.6. The standard InChI is InChI=1S/C25H28N6O2/c1-25(2,3)33-24(32)30-22-13-21(18-14-28-31(4)15-18)29-20(23(22)26)10-8-16-7-9-19-17(12-16)6-5-11-27-19/h5-7,9,11-15H,8,10,26H2,1-4H3,(H,29,30,32). The Bertz CT molecular complexity index is 1310. The fraction of sp³-hybridized carbons (Fsp3) is 0.280. The number of nitrogens with one attached hydrogen (secondary N) is 1. The number of ether oxygens (including phenoxy) is 1. The molecular weight excluding hydrogens is 416 g/mol. The lowest BCUT2D eigenvalue weighted by Gasteiger charge is -2.21. The van der Waals surface area contributed by atoms with E-state index < -0.39 is 11.7 Å². The van der Waals surface area contributed by atoms with Crippen molar-refractivity contribution in [1.82, 2.24) is 19.7 Å². The molecule has 0 fully saturated rings. The number of nitrogens with zero attached hydrogens (tertiary/aromatic N) is 4. The summed E-state index contributed by atoms with van der Waals surface area (Å²) in [6, 6.07) is 11.9. The van der Waals surface area contributed by atoms with E-state index in [1.807, 2.05) is 52.2 Å². The van der Waals surface area contributed by atoms with Gasteiger partial charge in [0.15, 0.2) is 0 Å². The van der Waals surface area contributed by atoms with Crippen molar-refractivity contribution in [2.24, 2.45) is 7.05 Å². The van der Waals surface area contributed by atoms with Gasteiger partial charge in [-0.15, -0.1) is 0 Å². The van der Waals surface area contributed by atoms with Gasteiger partial charge in [-0.25, -0.2) is 4.79 Å². The number of hydrogen-bond acceptors (Lipinski definition) is 6. The summed E-state index contributed by atoms with van der Waals surface area (Å²) in [4.78, 5) is 21.6. The Morgan fingerprint density at radius 1 is 1.18 bits per heavy atom. The highest BCUT2D eigenvalue weighted by molar-refractivity contribution is 5.91. The molecule has 0 spiro atoms. The molecule has 3 aromatic heterocycles. The molecule has 0 unspecified atom stereocenters. The van der Waals surface area contributed by atoms with Crippen molar-refractivity contribution in [3.05, 3.63) is 66.2 Å². The van der Waals surface area contributed by atoms with Crippen LogP contribution in [0.25, 0.3) is 22.2 Å². The third kappa shape index (κ3) is 5.46. The summed E-state index contributed by atoms with van der Waals surface area (Å²) >= 11 is 0. The molecule has 1 aromatic carbocycles. The molecule has 4 rings (SSSR count). The first-order valence-electron chi connectivity index (χ1n) is 10.8. The highest BCUT2D eigenvalue weighted by atomic mass is 16.6. The first kappa shape index (κ1) is 22.3. The first-order valence-corrected chi connectivity index (χ1v) is 10.8. The number of nitrogen functional groups attached to an aromatic ring is 1. The Morgan fingerprint density at radius 3 is 2.73 bits per heavy atom. The van der Waals surface area contributed by atoms with Crippen molar-refractivity contribution >= 4 is 28.4 Å². The van der Waals surface area contributed by atoms with Crippen LogP contribution in [-0.4, -0.2) is 31.4 Å². The van der Waals surface area contributed by atoms with Gasteiger partial charge in [0.25, 0.3) is 0 Å². The molecule has 0 saturated heterocycles. The predicted octanol–water partition coefficient (Wildman–Crippen LogP) is 4.74. The number of aromatic nitrogens is 4. The molecule has 0 aliphatic rings. The molecule has 0 aliphatic heterocycles. The van der Waals surface area contributed by atoms with E-state index in [1.54, 1.807) is 23.1 Å². The summed E-state index contributed by atoms with van der Waals surface area (Å²) in [6.07, 6.45) is 6.17. The molecule has 4 aromatic rings. The van der Waals surface area contributed by atoms with Crippen molar-refractivity contribution in [3.63, 3.8) is 0 Å². The second kappa shape index (κ2) is 8.90. The molecule has 3 N–H and O–H groups in total. The number of rotatable bonds is 5. The maximum Gasteiger partial charge on any atom is 0.412 e. The molecule has 8 heteroatoms. The van der Waals surface area contributed by atoms with Crippen LogP contribution in [0, 0.1) is 0 Å². The zero-order valence-electron chi connectivity index (χ0n) is 19.3. The van der Waals surface area contributed by atoms with Crippen LogP contribution in [-0.2, 0) is 24.6 Å². The van der Waals surface area contributed by atoms with E-state index in [-0.39, 0.29) is 0 Å². The molecule has 0 atom stereocenters. The molecule has 0 saturated carbocycles. The number of carbonyl (C=O) groups is 1. The van der Waals surface area contributed by atoms with Crippen LogP contribution in [0.1, 0.15) is 32.0 Å². The van der Waals surface area contributed by atoms with Crippen LogP contribution in [0.2, 0.25) is 0 Å². The van der Waals surface area contributed by atoms with Crippen LogP contribution in [0.5, 0.6) is 0 Å². The van der Waals surface area contributed by atoms with E-state index in [0.717, 1.165) is 28.5 Å². The van der Waals surface area contributed by atoms with Crippen molar-refractivity contribution in [2.75, 3.05) is 11.1 Å². The zero-order valence-corrected chi connectivity index (χ0v) is 19.3. The van der Waals surface area contributed by atoms with Crippen LogP contribution < -0.4 is 11.1 Å². The van der Waals surface area contributed by atoms with Crippen molar-refractivity contribution in [2.45, 2.75) is 39.2 Å². The number of hydrogen-bond donors (Lipinski definition) is 2. The predicted molar refractivity (Wildman–Crippen MR) is 130 cm³/mol. The number of nitrogens with two attached hydrogens (primary N) is 1. The van der Waals surface area contributed by atoms with E-state index >= 15 is 0 Å². The van der Waals surface area contributed by atoms with Gasteiger partial charge in [0.2, 0.25) is 0 Å². The minimum Gasteiger partial charge on any atom is -0.444 e. The Labute approximate surface area is 192 Å². The fourth-order valence-electron chi connectivity index (χ4n) is 3.56. The summed E-state index contributed by atoms with van der Waals surface area (Å²) in [5.41, 5.74) is 11.1. The highest BCUT2D eigenvalue weighted by Gasteiger charge is 2.19. The average Bonchev–Trinajstić information content (AvgIpc) is 3.19. The average molecular weight is 445 g/mol. The molecular formula is C25H28N6O2. The monoisotopic (exact) mass is 444 g/mol. The number of pyridine rings is 2. The van der Waals surface area contributed by atoms with E-state index in [4.69, 9.17) is 15.5 Å². The highest BCUT2D eigenvalue weighted by Crippen LogP contribution is 2.29. The minimum absolute atomic E-state index is 0.427. The lowest BCUT2D eigenvalue weighted by atomic mass is 10.0. The van der Waals surface area contributed by atoms with Gasteiger partial charge in [-0.05, 0) is 63.4 Å². The minimum atomic E-state index is -0.619. The van der Waals surface area contributed by atoms with Gasteiger partial charge in [-0.3, -0.25) is 20.0 Å². The number of aryl methyl sites for hydroxylation is 3. The largest absolute Gasteiger partial charge is 0.444 e. The second-order valence-electron chi connectivity index (χ2n) is 8.98. The molecule has 0 radical (unpaired) electrons. The summed E-state index contributed by atoms with van der Waals surface area (Å²) in [5, 5.41) is 8.11. The Kier molecular flexibility index (Phi) is 6.00. The summed E-state index contributed by atoms with van der Waals surface area (Å²) in [6.45, 7) is 5.44. The normalized spacial score (nSPS) is 11.5. The van der Waals surface area contributed by atoms with Gasteiger partial charge in [0.05, 0.1) is 34.5 Å². The third-order valence-electron chi connectivity index (χ3n) is 5.09. The molecule has 8 nitrogen and oxygen atoms in total. The first-order chi connectivity index (χ1) is 15.7. The third-order valence-corrected chi connectivity index (χ3v) is 5.09. The van der Waals surface area contributed by atoms with Gasteiger partial charge < -0.3 is 10.5 Å².